The quantitative estimate of drug-likeness (QED) is 0.443. The molecule has 0 unspecified atom stereocenters. The number of allylic oxidation sites excluding steroid dienone is 1. The van der Waals surface area contributed by atoms with Crippen molar-refractivity contribution in [2.75, 3.05) is 17.0 Å². The van der Waals surface area contributed by atoms with Crippen LogP contribution >= 0.6 is 12.4 Å². The second-order valence-electron chi connectivity index (χ2n) is 7.06. The molecule has 2 aromatic carbocycles. The highest BCUT2D eigenvalue weighted by Crippen LogP contribution is 2.37. The summed E-state index contributed by atoms with van der Waals surface area (Å²) in [6, 6.07) is 11.5. The molecule has 0 spiro atoms. The number of carboxylic acids is 1. The Balaban J connectivity index is 0.00000363. The predicted molar refractivity (Wildman–Crippen MR) is 128 cm³/mol. The molecule has 0 aliphatic rings. The van der Waals surface area contributed by atoms with Crippen molar-refractivity contribution in [3.63, 3.8) is 0 Å². The van der Waals surface area contributed by atoms with Crippen LogP contribution in [-0.2, 0) is 16.6 Å². The van der Waals surface area contributed by atoms with Crippen molar-refractivity contribution in [1.82, 2.24) is 4.57 Å². The third-order valence-electron chi connectivity index (χ3n) is 5.02. The molecule has 3 rings (SSSR count). The molecule has 0 bridgehead atoms. The van der Waals surface area contributed by atoms with Crippen LogP contribution in [0.3, 0.4) is 0 Å². The number of aromatic nitrogens is 1. The average Bonchev–Trinajstić information content (AvgIpc) is 2.99. The minimum Gasteiger partial charge on any atom is -0.478 e. The summed E-state index contributed by atoms with van der Waals surface area (Å²) in [5.74, 6) is -1.54. The number of fused-ring (bicyclic) bond motifs is 1. The minimum atomic E-state index is -3.46. The standard InChI is InChI=1S/C22H24FN3O4S.ClH/c1-3-31(29,30)25-18-6-4-5-15(11-18)21-14(2)26(13-17(23)9-10-24)20-8-7-16(22(27)28)12-19(20)21;/h4-9,11-12,25H,3,10,13,24H2,1-2H3,(H,27,28);1H/b17-9-;. The van der Waals surface area contributed by atoms with Gasteiger partial charge < -0.3 is 15.4 Å². The Morgan fingerprint density at radius 2 is 1.97 bits per heavy atom. The largest absolute Gasteiger partial charge is 0.478 e. The summed E-state index contributed by atoms with van der Waals surface area (Å²) >= 11 is 0. The van der Waals surface area contributed by atoms with E-state index in [2.05, 4.69) is 4.72 Å². The predicted octanol–water partition coefficient (Wildman–Crippen LogP) is 4.31. The van der Waals surface area contributed by atoms with Crippen molar-refractivity contribution in [3.8, 4) is 11.1 Å². The van der Waals surface area contributed by atoms with Gasteiger partial charge in [0.2, 0.25) is 10.0 Å². The summed E-state index contributed by atoms with van der Waals surface area (Å²) in [4.78, 5) is 11.5. The van der Waals surface area contributed by atoms with E-state index in [1.54, 1.807) is 47.9 Å². The van der Waals surface area contributed by atoms with Gasteiger partial charge in [0.05, 0.1) is 17.9 Å². The first-order chi connectivity index (χ1) is 14.7. The fraction of sp³-hybridized carbons (Fsp3) is 0.227. The zero-order valence-corrected chi connectivity index (χ0v) is 19.3. The number of sulfonamides is 1. The molecule has 0 radical (unpaired) electrons. The molecular weight excluding hydrogens is 457 g/mol. The molecule has 0 atom stereocenters. The van der Waals surface area contributed by atoms with E-state index in [1.165, 1.54) is 12.1 Å². The maximum absolute atomic E-state index is 14.3. The molecule has 1 heterocycles. The van der Waals surface area contributed by atoms with Crippen LogP contribution in [-0.4, -0.2) is 36.4 Å². The summed E-state index contributed by atoms with van der Waals surface area (Å²) in [6.45, 7) is 3.38. The lowest BCUT2D eigenvalue weighted by molar-refractivity contribution is 0.0697. The zero-order chi connectivity index (χ0) is 22.8. The van der Waals surface area contributed by atoms with Gasteiger partial charge in [-0.1, -0.05) is 12.1 Å². The normalized spacial score (nSPS) is 11.9. The van der Waals surface area contributed by atoms with Crippen LogP contribution in [0, 0.1) is 6.92 Å². The van der Waals surface area contributed by atoms with Gasteiger partial charge in [-0.2, -0.15) is 0 Å². The molecule has 0 saturated carbocycles. The van der Waals surface area contributed by atoms with Gasteiger partial charge in [-0.25, -0.2) is 17.6 Å². The molecule has 10 heteroatoms. The smallest absolute Gasteiger partial charge is 0.335 e. The van der Waals surface area contributed by atoms with E-state index in [0.29, 0.717) is 33.4 Å². The van der Waals surface area contributed by atoms with Crippen LogP contribution in [0.15, 0.2) is 54.4 Å². The Kier molecular flexibility index (Phi) is 8.06. The van der Waals surface area contributed by atoms with Crippen molar-refractivity contribution in [2.45, 2.75) is 20.4 Å². The number of hydrogen-bond acceptors (Lipinski definition) is 4. The lowest BCUT2D eigenvalue weighted by atomic mass is 10.0. The molecule has 0 amide bonds. The number of benzene rings is 2. The molecule has 1 aromatic heterocycles. The fourth-order valence-corrected chi connectivity index (χ4v) is 4.15. The van der Waals surface area contributed by atoms with Gasteiger partial charge in [-0.05, 0) is 55.8 Å². The van der Waals surface area contributed by atoms with Crippen LogP contribution in [0.1, 0.15) is 23.0 Å². The number of aromatic carboxylic acids is 1. The number of rotatable bonds is 8. The van der Waals surface area contributed by atoms with E-state index < -0.39 is 21.8 Å². The van der Waals surface area contributed by atoms with E-state index in [-0.39, 0.29) is 36.8 Å². The van der Waals surface area contributed by atoms with Gasteiger partial charge in [0.25, 0.3) is 0 Å². The lowest BCUT2D eigenvalue weighted by Crippen LogP contribution is -2.14. The summed E-state index contributed by atoms with van der Waals surface area (Å²) in [7, 11) is -3.46. The first-order valence-electron chi connectivity index (χ1n) is 9.68. The van der Waals surface area contributed by atoms with Crippen LogP contribution < -0.4 is 10.5 Å². The van der Waals surface area contributed by atoms with E-state index in [4.69, 9.17) is 5.73 Å². The van der Waals surface area contributed by atoms with Gasteiger partial charge in [0.1, 0.15) is 5.83 Å². The maximum Gasteiger partial charge on any atom is 0.335 e. The zero-order valence-electron chi connectivity index (χ0n) is 17.6. The number of nitrogens with two attached hydrogens (primary N) is 1. The Bertz CT molecular complexity index is 1290. The number of nitrogens with one attached hydrogen (secondary N) is 1. The molecule has 172 valence electrons. The van der Waals surface area contributed by atoms with Crippen molar-refractivity contribution in [2.24, 2.45) is 5.73 Å². The Morgan fingerprint density at radius 3 is 2.59 bits per heavy atom. The molecule has 32 heavy (non-hydrogen) atoms. The van der Waals surface area contributed by atoms with E-state index in [1.807, 2.05) is 6.92 Å². The number of halogens is 2. The van der Waals surface area contributed by atoms with Crippen molar-refractivity contribution in [3.05, 3.63) is 65.6 Å². The molecule has 0 aliphatic carbocycles. The van der Waals surface area contributed by atoms with E-state index >= 15 is 0 Å². The highest BCUT2D eigenvalue weighted by atomic mass is 35.5. The minimum absolute atomic E-state index is 0. The number of carboxylic acid groups (broad SMARTS) is 1. The first-order valence-corrected chi connectivity index (χ1v) is 11.3. The molecule has 3 aromatic rings. The number of hydrogen-bond donors (Lipinski definition) is 3. The van der Waals surface area contributed by atoms with Crippen LogP contribution in [0.25, 0.3) is 22.0 Å². The number of anilines is 1. The fourth-order valence-electron chi connectivity index (χ4n) is 3.52. The Morgan fingerprint density at radius 1 is 1.25 bits per heavy atom. The first kappa shape index (κ1) is 25.4. The number of nitrogens with zero attached hydrogens (tertiary/aromatic N) is 1. The summed E-state index contributed by atoms with van der Waals surface area (Å²) in [6.07, 6.45) is 1.29. The van der Waals surface area contributed by atoms with Crippen molar-refractivity contribution < 1.29 is 22.7 Å². The lowest BCUT2D eigenvalue weighted by Gasteiger charge is -2.10. The Labute approximate surface area is 192 Å². The van der Waals surface area contributed by atoms with Gasteiger partial charge in [-0.3, -0.25) is 4.72 Å². The summed E-state index contributed by atoms with van der Waals surface area (Å²) < 4.78 is 42.5. The maximum atomic E-state index is 14.3. The van der Waals surface area contributed by atoms with Gasteiger partial charge in [-0.15, -0.1) is 12.4 Å². The van der Waals surface area contributed by atoms with Gasteiger partial charge in [0.15, 0.2) is 0 Å². The third kappa shape index (κ3) is 5.29. The van der Waals surface area contributed by atoms with E-state index in [0.717, 1.165) is 0 Å². The molecule has 0 saturated heterocycles. The monoisotopic (exact) mass is 481 g/mol. The van der Waals surface area contributed by atoms with E-state index in [9.17, 15) is 22.7 Å². The highest BCUT2D eigenvalue weighted by molar-refractivity contribution is 7.92. The molecule has 4 N–H and O–H groups in total. The molecule has 0 fully saturated rings. The second-order valence-corrected chi connectivity index (χ2v) is 9.07. The van der Waals surface area contributed by atoms with Crippen LogP contribution in [0.5, 0.6) is 0 Å². The summed E-state index contributed by atoms with van der Waals surface area (Å²) in [5.41, 5.74) is 8.68. The van der Waals surface area contributed by atoms with Crippen LogP contribution in [0.4, 0.5) is 10.1 Å². The van der Waals surface area contributed by atoms with Gasteiger partial charge >= 0.3 is 5.97 Å². The SMILES string of the molecule is CCS(=O)(=O)Nc1cccc(-c2c(C)n(C/C(F)=C/CN)c3ccc(C(=O)O)cc23)c1.Cl. The van der Waals surface area contributed by atoms with Crippen molar-refractivity contribution in [1.29, 1.82) is 0 Å². The topological polar surface area (TPSA) is 114 Å². The summed E-state index contributed by atoms with van der Waals surface area (Å²) in [5, 5.41) is 10.1. The number of carbonyl (C=O) groups is 1. The van der Waals surface area contributed by atoms with Crippen molar-refractivity contribution >= 4 is 45.0 Å². The average molecular weight is 482 g/mol. The highest BCUT2D eigenvalue weighted by Gasteiger charge is 2.19. The molecular formula is C22H25ClFN3O4S. The molecule has 0 aliphatic heterocycles. The van der Waals surface area contributed by atoms with Gasteiger partial charge in [0, 0.05) is 34.4 Å². The third-order valence-corrected chi connectivity index (χ3v) is 6.33. The van der Waals surface area contributed by atoms with Crippen LogP contribution in [0.2, 0.25) is 0 Å². The molecule has 7 nitrogen and oxygen atoms in total. The second kappa shape index (κ2) is 10.2. The Hall–Kier alpha value is -2.88.